The summed E-state index contributed by atoms with van der Waals surface area (Å²) >= 11 is 12.2. The zero-order valence-electron chi connectivity index (χ0n) is 19.8. The van der Waals surface area contributed by atoms with Crippen LogP contribution < -0.4 is 9.64 Å². The fourth-order valence-corrected chi connectivity index (χ4v) is 4.44. The summed E-state index contributed by atoms with van der Waals surface area (Å²) in [5.41, 5.74) is 2.42. The zero-order valence-corrected chi connectivity index (χ0v) is 21.3. The lowest BCUT2D eigenvalue weighted by Gasteiger charge is -2.27. The molecule has 7 heteroatoms. The number of ketones is 1. The lowest BCUT2D eigenvalue weighted by Crippen LogP contribution is -2.29. The zero-order chi connectivity index (χ0) is 25.5. The molecule has 0 aliphatic carbocycles. The highest BCUT2D eigenvalue weighted by Gasteiger charge is 2.47. The van der Waals surface area contributed by atoms with Gasteiger partial charge in [-0.15, -0.1) is 0 Å². The van der Waals surface area contributed by atoms with Crippen molar-refractivity contribution in [2.75, 3.05) is 12.0 Å². The Balaban J connectivity index is 1.93. The predicted molar refractivity (Wildman–Crippen MR) is 139 cm³/mol. The topological polar surface area (TPSA) is 66.8 Å². The first-order valence-corrected chi connectivity index (χ1v) is 11.8. The molecule has 3 aromatic rings. The summed E-state index contributed by atoms with van der Waals surface area (Å²) in [4.78, 5) is 28.1. The number of nitrogens with zero attached hydrogens (tertiary/aromatic N) is 1. The van der Waals surface area contributed by atoms with E-state index in [0.717, 1.165) is 5.56 Å². The van der Waals surface area contributed by atoms with Gasteiger partial charge in [-0.25, -0.2) is 0 Å². The number of carbonyl (C=O) groups excluding carboxylic acids is 2. The van der Waals surface area contributed by atoms with Crippen LogP contribution in [0.15, 0.2) is 72.3 Å². The van der Waals surface area contributed by atoms with Crippen LogP contribution in [0.1, 0.15) is 43.5 Å². The van der Waals surface area contributed by atoms with Crippen molar-refractivity contribution in [3.05, 3.63) is 99.0 Å². The van der Waals surface area contributed by atoms with Gasteiger partial charge in [-0.1, -0.05) is 68.2 Å². The van der Waals surface area contributed by atoms with E-state index in [1.165, 1.54) is 24.1 Å². The average molecular weight is 510 g/mol. The Kier molecular flexibility index (Phi) is 6.67. The number of aliphatic hydroxyl groups is 1. The Morgan fingerprint density at radius 3 is 2.23 bits per heavy atom. The van der Waals surface area contributed by atoms with E-state index in [-0.39, 0.29) is 27.3 Å². The largest absolute Gasteiger partial charge is 0.507 e. The van der Waals surface area contributed by atoms with Gasteiger partial charge in [0.25, 0.3) is 11.7 Å². The molecule has 0 spiro atoms. The van der Waals surface area contributed by atoms with Gasteiger partial charge in [-0.3, -0.25) is 14.5 Å². The predicted octanol–water partition coefficient (Wildman–Crippen LogP) is 6.93. The van der Waals surface area contributed by atoms with E-state index in [1.807, 2.05) is 24.3 Å². The smallest absolute Gasteiger partial charge is 0.300 e. The normalized spacial score (nSPS) is 17.7. The highest BCUT2D eigenvalue weighted by molar-refractivity contribution is 6.51. The first kappa shape index (κ1) is 24.8. The maximum Gasteiger partial charge on any atom is 0.300 e. The van der Waals surface area contributed by atoms with Crippen molar-refractivity contribution in [2.24, 2.45) is 0 Å². The van der Waals surface area contributed by atoms with Gasteiger partial charge in [0.05, 0.1) is 28.8 Å². The summed E-state index contributed by atoms with van der Waals surface area (Å²) < 4.78 is 5.37. The third-order valence-electron chi connectivity index (χ3n) is 6.06. The molecule has 1 unspecified atom stereocenters. The van der Waals surface area contributed by atoms with Crippen LogP contribution in [0.4, 0.5) is 5.69 Å². The number of hydrogen-bond acceptors (Lipinski definition) is 4. The number of carbonyl (C=O) groups is 2. The number of rotatable bonds is 4. The first-order chi connectivity index (χ1) is 16.5. The number of anilines is 1. The van der Waals surface area contributed by atoms with Crippen LogP contribution in [-0.2, 0) is 15.0 Å². The molecule has 1 N–H and O–H groups in total. The Labute approximate surface area is 214 Å². The van der Waals surface area contributed by atoms with Gasteiger partial charge in [-0.05, 0) is 59.0 Å². The lowest BCUT2D eigenvalue weighted by atomic mass is 9.87. The van der Waals surface area contributed by atoms with Gasteiger partial charge < -0.3 is 9.84 Å². The van der Waals surface area contributed by atoms with E-state index in [1.54, 1.807) is 30.3 Å². The fourth-order valence-electron chi connectivity index (χ4n) is 4.15. The second kappa shape index (κ2) is 9.40. The van der Waals surface area contributed by atoms with Crippen molar-refractivity contribution in [3.8, 4) is 5.75 Å². The molecule has 3 aromatic carbocycles. The van der Waals surface area contributed by atoms with Gasteiger partial charge in [0.15, 0.2) is 0 Å². The van der Waals surface area contributed by atoms with E-state index in [9.17, 15) is 14.7 Å². The van der Waals surface area contributed by atoms with Crippen molar-refractivity contribution in [1.82, 2.24) is 0 Å². The van der Waals surface area contributed by atoms with Crippen LogP contribution in [0.5, 0.6) is 5.75 Å². The van der Waals surface area contributed by atoms with Crippen molar-refractivity contribution in [2.45, 2.75) is 32.2 Å². The quantitative estimate of drug-likeness (QED) is 0.235. The summed E-state index contributed by atoms with van der Waals surface area (Å²) in [6.07, 6.45) is 0. The number of amides is 1. The van der Waals surface area contributed by atoms with Gasteiger partial charge >= 0.3 is 0 Å². The monoisotopic (exact) mass is 509 g/mol. The highest BCUT2D eigenvalue weighted by atomic mass is 35.5. The standard InChI is InChI=1S/C28H25Cl2NO4/c1-28(2,3)18-9-11-19(12-10-18)31-24(16-6-5-7-20(14-16)35-4)23(26(33)27(31)34)25(32)17-8-13-21(29)22(30)15-17/h5-15,24,32H,1-4H3/b25-23-. The Hall–Kier alpha value is -3.28. The molecule has 0 radical (unpaired) electrons. The van der Waals surface area contributed by atoms with Crippen molar-refractivity contribution in [1.29, 1.82) is 0 Å². The molecule has 4 rings (SSSR count). The number of halogens is 2. The van der Waals surface area contributed by atoms with Crippen LogP contribution >= 0.6 is 23.2 Å². The number of hydrogen-bond donors (Lipinski definition) is 1. The Morgan fingerprint density at radius 2 is 1.63 bits per heavy atom. The van der Waals surface area contributed by atoms with Crippen LogP contribution in [0.2, 0.25) is 10.0 Å². The molecule has 1 atom stereocenters. The number of benzene rings is 3. The summed E-state index contributed by atoms with van der Waals surface area (Å²) in [7, 11) is 1.54. The second-order valence-electron chi connectivity index (χ2n) is 9.37. The molecule has 1 heterocycles. The van der Waals surface area contributed by atoms with Gasteiger partial charge in [0.2, 0.25) is 0 Å². The molecule has 1 aliphatic rings. The van der Waals surface area contributed by atoms with Gasteiger partial charge in [0.1, 0.15) is 11.5 Å². The summed E-state index contributed by atoms with van der Waals surface area (Å²) in [6.45, 7) is 6.30. The average Bonchev–Trinajstić information content (AvgIpc) is 3.10. The molecule has 0 aromatic heterocycles. The van der Waals surface area contributed by atoms with E-state index >= 15 is 0 Å². The van der Waals surface area contributed by atoms with Crippen LogP contribution in [0.25, 0.3) is 5.76 Å². The van der Waals surface area contributed by atoms with Gasteiger partial charge in [-0.2, -0.15) is 0 Å². The molecule has 0 saturated carbocycles. The van der Waals surface area contributed by atoms with E-state index in [4.69, 9.17) is 27.9 Å². The highest BCUT2D eigenvalue weighted by Crippen LogP contribution is 2.43. The van der Waals surface area contributed by atoms with Crippen molar-refractivity contribution in [3.63, 3.8) is 0 Å². The molecule has 1 fully saturated rings. The van der Waals surface area contributed by atoms with E-state index in [0.29, 0.717) is 22.0 Å². The van der Waals surface area contributed by atoms with E-state index < -0.39 is 17.7 Å². The third kappa shape index (κ3) is 4.66. The minimum Gasteiger partial charge on any atom is -0.507 e. The third-order valence-corrected chi connectivity index (χ3v) is 6.80. The molecule has 1 amide bonds. The van der Waals surface area contributed by atoms with Crippen LogP contribution in [-0.4, -0.2) is 23.9 Å². The Bertz CT molecular complexity index is 1340. The Morgan fingerprint density at radius 1 is 0.943 bits per heavy atom. The number of methoxy groups -OCH3 is 1. The molecular weight excluding hydrogens is 485 g/mol. The number of aliphatic hydroxyl groups excluding tert-OH is 1. The lowest BCUT2D eigenvalue weighted by molar-refractivity contribution is -0.132. The molecule has 180 valence electrons. The van der Waals surface area contributed by atoms with Crippen molar-refractivity contribution < 1.29 is 19.4 Å². The van der Waals surface area contributed by atoms with Crippen molar-refractivity contribution >= 4 is 46.3 Å². The molecule has 35 heavy (non-hydrogen) atoms. The van der Waals surface area contributed by atoms with E-state index in [2.05, 4.69) is 20.8 Å². The summed E-state index contributed by atoms with van der Waals surface area (Å²) in [6, 6.07) is 18.3. The fraction of sp³-hybridized carbons (Fsp3) is 0.214. The molecule has 1 aliphatic heterocycles. The SMILES string of the molecule is COc1cccc(C2/C(=C(/O)c3ccc(Cl)c(Cl)c3)C(=O)C(=O)N2c2ccc(C(C)(C)C)cc2)c1. The molecule has 0 bridgehead atoms. The first-order valence-electron chi connectivity index (χ1n) is 11.0. The van der Waals surface area contributed by atoms with Crippen LogP contribution in [0.3, 0.4) is 0 Å². The number of Topliss-reactive ketones (excluding diaryl/α,β-unsaturated/α-hetero) is 1. The second-order valence-corrected chi connectivity index (χ2v) is 10.2. The minimum atomic E-state index is -0.875. The maximum absolute atomic E-state index is 13.3. The molecule has 5 nitrogen and oxygen atoms in total. The maximum atomic E-state index is 13.3. The summed E-state index contributed by atoms with van der Waals surface area (Å²) in [5.74, 6) is -1.29. The van der Waals surface area contributed by atoms with Crippen LogP contribution in [0, 0.1) is 0 Å². The molecule has 1 saturated heterocycles. The molecular formula is C28H25Cl2NO4. The minimum absolute atomic E-state index is 0.0402. The number of ether oxygens (including phenoxy) is 1. The summed E-state index contributed by atoms with van der Waals surface area (Å²) in [5, 5.41) is 11.8. The van der Waals surface area contributed by atoms with Gasteiger partial charge in [0, 0.05) is 11.3 Å².